The van der Waals surface area contributed by atoms with Gasteiger partial charge in [-0.25, -0.2) is 4.79 Å². The van der Waals surface area contributed by atoms with E-state index in [1.807, 2.05) is 78.9 Å². The lowest BCUT2D eigenvalue weighted by Gasteiger charge is -2.18. The molecule has 4 rings (SSSR count). The maximum Gasteiger partial charge on any atom is 0.340 e. The van der Waals surface area contributed by atoms with E-state index in [4.69, 9.17) is 9.47 Å². The lowest BCUT2D eigenvalue weighted by molar-refractivity contribution is -0.136. The molecule has 5 nitrogen and oxygen atoms in total. The van der Waals surface area contributed by atoms with Crippen molar-refractivity contribution >= 4 is 39.6 Å². The minimum absolute atomic E-state index is 0.256. The number of halogens is 1. The van der Waals surface area contributed by atoms with Gasteiger partial charge in [-0.05, 0) is 54.5 Å². The van der Waals surface area contributed by atoms with E-state index in [1.165, 1.54) is 12.0 Å². The third kappa shape index (κ3) is 4.91. The van der Waals surface area contributed by atoms with Gasteiger partial charge in [-0.3, -0.25) is 9.69 Å². The summed E-state index contributed by atoms with van der Waals surface area (Å²) in [5.41, 5.74) is 3.59. The Kier molecular flexibility index (Phi) is 6.75. The van der Waals surface area contributed by atoms with Gasteiger partial charge in [0.1, 0.15) is 12.4 Å². The maximum absolute atomic E-state index is 13.4. The SMILES string of the molecule is COC(=O)C1=C(C)N(c2cccc(Br)c2)C(=O)/C1=C\c1ccc(OCc2ccccc2)cc1. The van der Waals surface area contributed by atoms with Crippen LogP contribution in [-0.2, 0) is 20.9 Å². The Balaban J connectivity index is 1.61. The number of nitrogens with zero attached hydrogens (tertiary/aromatic N) is 1. The Hall–Kier alpha value is -3.64. The molecular formula is C27H22BrNO4. The molecule has 1 aliphatic heterocycles. The highest BCUT2D eigenvalue weighted by Crippen LogP contribution is 2.36. The van der Waals surface area contributed by atoms with Crippen LogP contribution in [0.2, 0.25) is 0 Å². The molecule has 6 heteroatoms. The number of hydrogen-bond donors (Lipinski definition) is 0. The van der Waals surface area contributed by atoms with E-state index < -0.39 is 5.97 Å². The number of carbonyl (C=O) groups excluding carboxylic acids is 2. The van der Waals surface area contributed by atoms with Crippen molar-refractivity contribution in [3.05, 3.63) is 111 Å². The largest absolute Gasteiger partial charge is 0.489 e. The highest BCUT2D eigenvalue weighted by Gasteiger charge is 2.37. The quantitative estimate of drug-likeness (QED) is 0.310. The van der Waals surface area contributed by atoms with Gasteiger partial charge >= 0.3 is 5.97 Å². The van der Waals surface area contributed by atoms with Crippen LogP contribution in [0.5, 0.6) is 5.75 Å². The highest BCUT2D eigenvalue weighted by molar-refractivity contribution is 9.10. The van der Waals surface area contributed by atoms with Crippen LogP contribution in [0, 0.1) is 0 Å². The minimum Gasteiger partial charge on any atom is -0.489 e. The zero-order valence-corrected chi connectivity index (χ0v) is 19.8. The molecule has 0 bridgehead atoms. The zero-order chi connectivity index (χ0) is 23.4. The standard InChI is InChI=1S/C27H22BrNO4/c1-18-25(27(31)32-2)24(26(30)29(18)22-10-6-9-21(28)16-22)15-19-11-13-23(14-12-19)33-17-20-7-4-3-5-8-20/h3-16H,17H2,1-2H3/b24-15-. The zero-order valence-electron chi connectivity index (χ0n) is 18.2. The molecule has 3 aromatic carbocycles. The number of carbonyl (C=O) groups is 2. The van der Waals surface area contributed by atoms with E-state index in [0.29, 0.717) is 18.0 Å². The monoisotopic (exact) mass is 503 g/mol. The van der Waals surface area contributed by atoms with Crippen molar-refractivity contribution in [2.45, 2.75) is 13.5 Å². The van der Waals surface area contributed by atoms with Crippen LogP contribution in [0.4, 0.5) is 5.69 Å². The fraction of sp³-hybridized carbons (Fsp3) is 0.111. The molecule has 1 heterocycles. The molecule has 0 unspecified atom stereocenters. The lowest BCUT2D eigenvalue weighted by atomic mass is 10.0. The molecule has 0 saturated heterocycles. The molecular weight excluding hydrogens is 482 g/mol. The van der Waals surface area contributed by atoms with Gasteiger partial charge in [0.25, 0.3) is 5.91 Å². The number of benzene rings is 3. The summed E-state index contributed by atoms with van der Waals surface area (Å²) in [5.74, 6) is -0.114. The van der Waals surface area contributed by atoms with E-state index in [2.05, 4.69) is 15.9 Å². The number of ether oxygens (including phenoxy) is 2. The van der Waals surface area contributed by atoms with Crippen LogP contribution >= 0.6 is 15.9 Å². The van der Waals surface area contributed by atoms with Crippen molar-refractivity contribution in [2.24, 2.45) is 0 Å². The molecule has 0 N–H and O–H groups in total. The minimum atomic E-state index is -0.549. The number of esters is 1. The van der Waals surface area contributed by atoms with Crippen LogP contribution < -0.4 is 9.64 Å². The number of hydrogen-bond acceptors (Lipinski definition) is 4. The molecule has 33 heavy (non-hydrogen) atoms. The van der Waals surface area contributed by atoms with Crippen LogP contribution in [-0.4, -0.2) is 19.0 Å². The molecule has 0 atom stereocenters. The van der Waals surface area contributed by atoms with E-state index in [1.54, 1.807) is 13.0 Å². The van der Waals surface area contributed by atoms with Gasteiger partial charge in [-0.1, -0.05) is 64.5 Å². The van der Waals surface area contributed by atoms with Gasteiger partial charge in [0.2, 0.25) is 0 Å². The molecule has 1 aliphatic rings. The normalized spacial score (nSPS) is 14.7. The van der Waals surface area contributed by atoms with Crippen molar-refractivity contribution in [1.82, 2.24) is 0 Å². The fourth-order valence-corrected chi connectivity index (χ4v) is 4.06. The average Bonchev–Trinajstić information content (AvgIpc) is 3.08. The number of anilines is 1. The second-order valence-electron chi connectivity index (χ2n) is 7.47. The summed E-state index contributed by atoms with van der Waals surface area (Å²) in [6, 6.07) is 24.7. The molecule has 0 radical (unpaired) electrons. The van der Waals surface area contributed by atoms with Gasteiger partial charge in [0, 0.05) is 10.2 Å². The fourth-order valence-electron chi connectivity index (χ4n) is 3.67. The van der Waals surface area contributed by atoms with E-state index in [-0.39, 0.29) is 17.1 Å². The summed E-state index contributed by atoms with van der Waals surface area (Å²) < 4.78 is 11.6. The maximum atomic E-state index is 13.4. The summed E-state index contributed by atoms with van der Waals surface area (Å²) in [4.78, 5) is 27.4. The second-order valence-corrected chi connectivity index (χ2v) is 8.39. The Bertz CT molecular complexity index is 1250. The molecule has 0 aliphatic carbocycles. The van der Waals surface area contributed by atoms with Gasteiger partial charge in [0.15, 0.2) is 0 Å². The van der Waals surface area contributed by atoms with Crippen molar-refractivity contribution < 1.29 is 19.1 Å². The average molecular weight is 504 g/mol. The molecule has 0 fully saturated rings. The predicted molar refractivity (Wildman–Crippen MR) is 132 cm³/mol. The number of rotatable bonds is 6. The van der Waals surface area contributed by atoms with Gasteiger partial charge < -0.3 is 9.47 Å². The Morgan fingerprint density at radius 3 is 2.39 bits per heavy atom. The van der Waals surface area contributed by atoms with Gasteiger partial charge in [0.05, 0.1) is 23.9 Å². The third-order valence-corrected chi connectivity index (χ3v) is 5.79. The van der Waals surface area contributed by atoms with Crippen LogP contribution in [0.1, 0.15) is 18.1 Å². The summed E-state index contributed by atoms with van der Waals surface area (Å²) >= 11 is 3.44. The molecule has 0 aromatic heterocycles. The van der Waals surface area contributed by atoms with Gasteiger partial charge in [-0.2, -0.15) is 0 Å². The smallest absolute Gasteiger partial charge is 0.340 e. The summed E-state index contributed by atoms with van der Waals surface area (Å²) in [6.45, 7) is 2.21. The van der Waals surface area contributed by atoms with Crippen LogP contribution in [0.15, 0.2) is 100 Å². The number of amides is 1. The highest BCUT2D eigenvalue weighted by atomic mass is 79.9. The van der Waals surface area contributed by atoms with Crippen molar-refractivity contribution in [2.75, 3.05) is 12.0 Å². The Labute approximate surface area is 201 Å². The number of methoxy groups -OCH3 is 1. The Morgan fingerprint density at radius 2 is 1.73 bits per heavy atom. The molecule has 0 spiro atoms. The van der Waals surface area contributed by atoms with Crippen molar-refractivity contribution in [3.63, 3.8) is 0 Å². The van der Waals surface area contributed by atoms with Crippen molar-refractivity contribution in [3.8, 4) is 5.75 Å². The topological polar surface area (TPSA) is 55.8 Å². The molecule has 0 saturated carbocycles. The van der Waals surface area contributed by atoms with E-state index in [0.717, 1.165) is 21.3 Å². The molecule has 3 aromatic rings. The van der Waals surface area contributed by atoms with E-state index in [9.17, 15) is 9.59 Å². The molecule has 1 amide bonds. The number of allylic oxidation sites excluding steroid dienone is 1. The van der Waals surface area contributed by atoms with E-state index >= 15 is 0 Å². The van der Waals surface area contributed by atoms with Crippen LogP contribution in [0.25, 0.3) is 6.08 Å². The van der Waals surface area contributed by atoms with Crippen molar-refractivity contribution in [1.29, 1.82) is 0 Å². The first kappa shape index (κ1) is 22.6. The van der Waals surface area contributed by atoms with Crippen LogP contribution in [0.3, 0.4) is 0 Å². The lowest BCUT2D eigenvalue weighted by Crippen LogP contribution is -2.24. The summed E-state index contributed by atoms with van der Waals surface area (Å²) in [6.07, 6.45) is 1.71. The third-order valence-electron chi connectivity index (χ3n) is 5.30. The Morgan fingerprint density at radius 1 is 1.00 bits per heavy atom. The first-order valence-corrected chi connectivity index (χ1v) is 11.2. The summed E-state index contributed by atoms with van der Waals surface area (Å²) in [7, 11) is 1.31. The first-order valence-electron chi connectivity index (χ1n) is 10.4. The summed E-state index contributed by atoms with van der Waals surface area (Å²) in [5, 5.41) is 0. The second kappa shape index (κ2) is 9.88. The predicted octanol–water partition coefficient (Wildman–Crippen LogP) is 5.91. The first-order chi connectivity index (χ1) is 16.0. The molecule has 166 valence electrons. The van der Waals surface area contributed by atoms with Gasteiger partial charge in [-0.15, -0.1) is 0 Å².